The maximum atomic E-state index is 13.2. The molecule has 3 rings (SSSR count). The first-order chi connectivity index (χ1) is 13.0. The maximum absolute atomic E-state index is 13.2. The Morgan fingerprint density at radius 1 is 1.15 bits per heavy atom. The molecule has 1 atom stereocenters. The first-order valence-electron chi connectivity index (χ1n) is 8.92. The highest BCUT2D eigenvalue weighted by Crippen LogP contribution is 2.33. The quantitative estimate of drug-likeness (QED) is 0.697. The second-order valence-electron chi connectivity index (χ2n) is 6.76. The number of carbonyl (C=O) groups excluding carboxylic acids is 1. The highest BCUT2D eigenvalue weighted by Gasteiger charge is 2.33. The lowest BCUT2D eigenvalue weighted by Gasteiger charge is -2.24. The summed E-state index contributed by atoms with van der Waals surface area (Å²) >= 11 is 0. The highest BCUT2D eigenvalue weighted by atomic mass is 32.2. The Morgan fingerprint density at radius 3 is 2.56 bits per heavy atom. The normalized spacial score (nSPS) is 14.5. The van der Waals surface area contributed by atoms with Gasteiger partial charge in [-0.05, 0) is 48.7 Å². The molecule has 27 heavy (non-hydrogen) atoms. The summed E-state index contributed by atoms with van der Waals surface area (Å²) in [7, 11) is 2.31. The summed E-state index contributed by atoms with van der Waals surface area (Å²) in [5.74, 6) is 1.92. The van der Waals surface area contributed by atoms with Crippen LogP contribution in [0.1, 0.15) is 34.3 Å². The number of methoxy groups -OCH3 is 2. The number of ether oxygens (including phenoxy) is 2. The molecule has 0 aromatic heterocycles. The number of amides is 1. The highest BCUT2D eigenvalue weighted by molar-refractivity contribution is 7.83. The van der Waals surface area contributed by atoms with Crippen molar-refractivity contribution in [3.05, 3.63) is 59.2 Å². The summed E-state index contributed by atoms with van der Waals surface area (Å²) < 4.78 is 22.3. The molecule has 0 radical (unpaired) electrons. The van der Waals surface area contributed by atoms with Crippen molar-refractivity contribution < 1.29 is 18.5 Å². The zero-order valence-electron chi connectivity index (χ0n) is 15.9. The van der Waals surface area contributed by atoms with Gasteiger partial charge in [-0.3, -0.25) is 9.00 Å². The van der Waals surface area contributed by atoms with Gasteiger partial charge in [-0.2, -0.15) is 0 Å². The lowest BCUT2D eigenvalue weighted by Crippen LogP contribution is -2.32. The Morgan fingerprint density at radius 2 is 1.93 bits per heavy atom. The molecule has 1 unspecified atom stereocenters. The van der Waals surface area contributed by atoms with Crippen LogP contribution in [0.5, 0.6) is 11.5 Å². The zero-order chi connectivity index (χ0) is 19.4. The van der Waals surface area contributed by atoms with Crippen molar-refractivity contribution in [2.75, 3.05) is 20.5 Å². The monoisotopic (exact) mass is 387 g/mol. The van der Waals surface area contributed by atoms with E-state index < -0.39 is 10.8 Å². The van der Waals surface area contributed by atoms with E-state index >= 15 is 0 Å². The molecular weight excluding hydrogens is 362 g/mol. The smallest absolute Gasteiger partial charge is 0.254 e. The van der Waals surface area contributed by atoms with E-state index in [1.165, 1.54) is 0 Å². The number of benzene rings is 2. The van der Waals surface area contributed by atoms with E-state index in [0.717, 1.165) is 35.5 Å². The minimum absolute atomic E-state index is 0.00823. The van der Waals surface area contributed by atoms with Gasteiger partial charge in [0.2, 0.25) is 0 Å². The molecule has 2 aromatic carbocycles. The average molecular weight is 388 g/mol. The Kier molecular flexibility index (Phi) is 6.16. The summed E-state index contributed by atoms with van der Waals surface area (Å²) in [5.41, 5.74) is 2.46. The van der Waals surface area contributed by atoms with Gasteiger partial charge >= 0.3 is 0 Å². The predicted molar refractivity (Wildman–Crippen MR) is 107 cm³/mol. The fraction of sp³-hybridized carbons (Fsp3) is 0.381. The van der Waals surface area contributed by atoms with Crippen LogP contribution in [0.25, 0.3) is 0 Å². The minimum Gasteiger partial charge on any atom is -0.497 e. The third-order valence-corrected chi connectivity index (χ3v) is 5.36. The molecule has 0 saturated heterocycles. The van der Waals surface area contributed by atoms with Crippen molar-refractivity contribution in [2.45, 2.75) is 31.2 Å². The van der Waals surface area contributed by atoms with Gasteiger partial charge in [0.25, 0.3) is 5.91 Å². The number of carbonyl (C=O) groups is 1. The van der Waals surface area contributed by atoms with E-state index in [4.69, 9.17) is 9.47 Å². The summed E-state index contributed by atoms with van der Waals surface area (Å²) in [6, 6.07) is 13.3. The van der Waals surface area contributed by atoms with Gasteiger partial charge in [-0.15, -0.1) is 0 Å². The van der Waals surface area contributed by atoms with Gasteiger partial charge in [0.05, 0.1) is 20.8 Å². The van der Waals surface area contributed by atoms with Crippen molar-refractivity contribution in [1.29, 1.82) is 0 Å². The van der Waals surface area contributed by atoms with E-state index in [9.17, 15) is 9.00 Å². The second-order valence-corrected chi connectivity index (χ2v) is 8.19. The molecular formula is C21H25NO4S. The van der Waals surface area contributed by atoms with E-state index in [-0.39, 0.29) is 11.9 Å². The molecule has 1 fully saturated rings. The largest absolute Gasteiger partial charge is 0.497 e. The molecule has 0 aliphatic heterocycles. The standard InChI is InChI=1S/C21H25NO4S/c1-25-19-9-10-20(26-2)17(12-19)13-22(18-7-8-18)21(23)16-6-4-5-15(11-16)14-27(3)24/h4-6,9-12,18H,7-8,13-14H2,1-3H3. The SMILES string of the molecule is COc1ccc(OC)c(CN(C(=O)c2cccc(CS(C)=O)c2)C2CC2)c1. The summed E-state index contributed by atoms with van der Waals surface area (Å²) in [6.45, 7) is 0.466. The molecule has 0 bridgehead atoms. The summed E-state index contributed by atoms with van der Waals surface area (Å²) in [6.07, 6.45) is 3.69. The third kappa shape index (κ3) is 4.89. The molecule has 1 saturated carbocycles. The molecule has 144 valence electrons. The van der Waals surface area contributed by atoms with Crippen molar-refractivity contribution in [1.82, 2.24) is 4.90 Å². The van der Waals surface area contributed by atoms with Crippen LogP contribution in [-0.4, -0.2) is 41.5 Å². The third-order valence-electron chi connectivity index (χ3n) is 4.62. The van der Waals surface area contributed by atoms with Crippen LogP contribution in [0.4, 0.5) is 0 Å². The number of rotatable bonds is 8. The van der Waals surface area contributed by atoms with Gasteiger partial charge in [0.1, 0.15) is 11.5 Å². The van der Waals surface area contributed by atoms with Gasteiger partial charge in [0, 0.05) is 40.0 Å². The van der Waals surface area contributed by atoms with Crippen LogP contribution in [-0.2, 0) is 23.1 Å². The van der Waals surface area contributed by atoms with Crippen molar-refractivity contribution in [2.24, 2.45) is 0 Å². The van der Waals surface area contributed by atoms with E-state index in [1.54, 1.807) is 20.5 Å². The van der Waals surface area contributed by atoms with Crippen LogP contribution in [0.3, 0.4) is 0 Å². The Hall–Kier alpha value is -2.34. The van der Waals surface area contributed by atoms with Crippen LogP contribution < -0.4 is 9.47 Å². The number of nitrogens with zero attached hydrogens (tertiary/aromatic N) is 1. The topological polar surface area (TPSA) is 55.8 Å². The molecule has 0 heterocycles. The second kappa shape index (κ2) is 8.57. The summed E-state index contributed by atoms with van der Waals surface area (Å²) in [4.78, 5) is 15.1. The molecule has 1 amide bonds. The van der Waals surface area contributed by atoms with Gasteiger partial charge in [-0.25, -0.2) is 0 Å². The van der Waals surface area contributed by atoms with Gasteiger partial charge < -0.3 is 14.4 Å². The van der Waals surface area contributed by atoms with Crippen molar-refractivity contribution in [3.63, 3.8) is 0 Å². The Balaban J connectivity index is 1.86. The Labute approximate surface area is 162 Å². The predicted octanol–water partition coefficient (Wildman–Crippen LogP) is 3.39. The minimum atomic E-state index is -0.940. The lowest BCUT2D eigenvalue weighted by atomic mass is 10.1. The van der Waals surface area contributed by atoms with Crippen LogP contribution in [0, 0.1) is 0 Å². The zero-order valence-corrected chi connectivity index (χ0v) is 16.8. The number of hydrogen-bond acceptors (Lipinski definition) is 4. The Bertz CT molecular complexity index is 848. The molecule has 5 nitrogen and oxygen atoms in total. The first kappa shape index (κ1) is 19.4. The van der Waals surface area contributed by atoms with E-state index in [1.807, 2.05) is 47.4 Å². The van der Waals surface area contributed by atoms with Gasteiger partial charge in [0.15, 0.2) is 0 Å². The van der Waals surface area contributed by atoms with Gasteiger partial charge in [-0.1, -0.05) is 12.1 Å². The fourth-order valence-corrected chi connectivity index (χ4v) is 3.79. The first-order valence-corrected chi connectivity index (χ1v) is 10.7. The van der Waals surface area contributed by atoms with E-state index in [0.29, 0.717) is 17.9 Å². The van der Waals surface area contributed by atoms with Crippen LogP contribution >= 0.6 is 0 Å². The van der Waals surface area contributed by atoms with Crippen molar-refractivity contribution in [3.8, 4) is 11.5 Å². The molecule has 6 heteroatoms. The molecule has 1 aliphatic rings. The maximum Gasteiger partial charge on any atom is 0.254 e. The van der Waals surface area contributed by atoms with Crippen LogP contribution in [0.2, 0.25) is 0 Å². The fourth-order valence-electron chi connectivity index (χ4n) is 3.14. The molecule has 2 aromatic rings. The average Bonchev–Trinajstić information content (AvgIpc) is 3.50. The molecule has 0 spiro atoms. The summed E-state index contributed by atoms with van der Waals surface area (Å²) in [5, 5.41) is 0. The lowest BCUT2D eigenvalue weighted by molar-refractivity contribution is 0.0728. The molecule has 1 aliphatic carbocycles. The number of hydrogen-bond donors (Lipinski definition) is 0. The van der Waals surface area contributed by atoms with E-state index in [2.05, 4.69) is 0 Å². The molecule has 0 N–H and O–H groups in total. The van der Waals surface area contributed by atoms with Crippen molar-refractivity contribution >= 4 is 16.7 Å². The van der Waals surface area contributed by atoms with Crippen LogP contribution in [0.15, 0.2) is 42.5 Å².